The highest BCUT2D eigenvalue weighted by molar-refractivity contribution is 7.93. The Labute approximate surface area is 97.3 Å². The van der Waals surface area contributed by atoms with E-state index < -0.39 is 10.0 Å². The van der Waals surface area contributed by atoms with Crippen molar-refractivity contribution in [1.82, 2.24) is 9.21 Å². The Hall–Kier alpha value is -0.650. The summed E-state index contributed by atoms with van der Waals surface area (Å²) >= 11 is 0. The first kappa shape index (κ1) is 11.8. The fourth-order valence-electron chi connectivity index (χ4n) is 1.86. The largest absolute Gasteiger partial charge is 0.304 e. The standard InChI is InChI=1S/C11H17N2O2S/c1-12-7-9-13(10-8-12)16(14,15)11-5-3-2-4-6-11/h2-3,5-6H,4,7-10H2,1H3. The quantitative estimate of drug-likeness (QED) is 0.711. The second kappa shape index (κ2) is 4.69. The summed E-state index contributed by atoms with van der Waals surface area (Å²) in [6, 6.07) is 0. The third kappa shape index (κ3) is 2.36. The summed E-state index contributed by atoms with van der Waals surface area (Å²) in [7, 11) is -1.23. The molecule has 1 aliphatic heterocycles. The predicted molar refractivity (Wildman–Crippen MR) is 64.1 cm³/mol. The molecular weight excluding hydrogens is 224 g/mol. The summed E-state index contributed by atoms with van der Waals surface area (Å²) < 4.78 is 26.0. The van der Waals surface area contributed by atoms with Crippen LogP contribution in [0.25, 0.3) is 0 Å². The Morgan fingerprint density at radius 1 is 1.19 bits per heavy atom. The number of rotatable bonds is 2. The minimum atomic E-state index is -3.25. The zero-order valence-electron chi connectivity index (χ0n) is 9.46. The van der Waals surface area contributed by atoms with Gasteiger partial charge in [-0.25, -0.2) is 8.42 Å². The summed E-state index contributed by atoms with van der Waals surface area (Å²) in [5.41, 5.74) is 0. The Balaban J connectivity index is 2.13. The number of likely N-dealkylation sites (N-methyl/N-ethyl adjacent to an activating group) is 1. The molecule has 89 valence electrons. The molecular formula is C11H17N2O2S. The molecule has 0 N–H and O–H groups in total. The highest BCUT2D eigenvalue weighted by Gasteiger charge is 2.28. The van der Waals surface area contributed by atoms with E-state index in [4.69, 9.17) is 0 Å². The van der Waals surface area contributed by atoms with E-state index in [1.54, 1.807) is 16.5 Å². The molecule has 1 saturated heterocycles. The van der Waals surface area contributed by atoms with Crippen LogP contribution in [0.2, 0.25) is 0 Å². The molecule has 0 aromatic carbocycles. The minimum Gasteiger partial charge on any atom is -0.304 e. The van der Waals surface area contributed by atoms with E-state index in [2.05, 4.69) is 4.90 Å². The summed E-state index contributed by atoms with van der Waals surface area (Å²) in [5.74, 6) is 0. The fraction of sp³-hybridized carbons (Fsp3) is 0.545. The van der Waals surface area contributed by atoms with Crippen LogP contribution in [0, 0.1) is 6.42 Å². The van der Waals surface area contributed by atoms with Crippen molar-refractivity contribution in [2.24, 2.45) is 0 Å². The number of piperazine rings is 1. The number of hydrogen-bond donors (Lipinski definition) is 0. The summed E-state index contributed by atoms with van der Waals surface area (Å²) in [6.45, 7) is 2.80. The molecule has 0 spiro atoms. The highest BCUT2D eigenvalue weighted by atomic mass is 32.2. The smallest absolute Gasteiger partial charge is 0.242 e. The molecule has 1 fully saturated rings. The second-order valence-electron chi connectivity index (χ2n) is 4.14. The van der Waals surface area contributed by atoms with Crippen molar-refractivity contribution < 1.29 is 8.42 Å². The molecule has 0 saturated carbocycles. The first-order valence-electron chi connectivity index (χ1n) is 5.49. The van der Waals surface area contributed by atoms with Crippen molar-refractivity contribution in [2.45, 2.75) is 6.42 Å². The van der Waals surface area contributed by atoms with E-state index >= 15 is 0 Å². The van der Waals surface area contributed by atoms with Crippen molar-refractivity contribution in [3.8, 4) is 0 Å². The third-order valence-electron chi connectivity index (χ3n) is 2.95. The number of sulfonamides is 1. The molecule has 2 rings (SSSR count). The third-order valence-corrected chi connectivity index (χ3v) is 4.90. The fourth-order valence-corrected chi connectivity index (χ4v) is 3.36. The maximum absolute atomic E-state index is 12.2. The molecule has 16 heavy (non-hydrogen) atoms. The maximum atomic E-state index is 12.2. The van der Waals surface area contributed by atoms with Gasteiger partial charge < -0.3 is 4.90 Å². The molecule has 0 aromatic heterocycles. The first-order chi connectivity index (χ1) is 7.60. The first-order valence-corrected chi connectivity index (χ1v) is 6.93. The second-order valence-corrected chi connectivity index (χ2v) is 6.08. The molecule has 0 aromatic rings. The molecule has 1 radical (unpaired) electrons. The van der Waals surface area contributed by atoms with Gasteiger partial charge in [-0.3, -0.25) is 0 Å². The van der Waals surface area contributed by atoms with Crippen molar-refractivity contribution in [3.63, 3.8) is 0 Å². The summed E-state index contributed by atoms with van der Waals surface area (Å²) in [6.07, 6.45) is 7.91. The van der Waals surface area contributed by atoms with Crippen LogP contribution < -0.4 is 0 Å². The lowest BCUT2D eigenvalue weighted by Gasteiger charge is -2.32. The molecule has 5 heteroatoms. The van der Waals surface area contributed by atoms with Crippen LogP contribution in [0.3, 0.4) is 0 Å². The lowest BCUT2D eigenvalue weighted by molar-refractivity contribution is 0.223. The normalized spacial score (nSPS) is 24.4. The summed E-state index contributed by atoms with van der Waals surface area (Å²) in [4.78, 5) is 2.59. The maximum Gasteiger partial charge on any atom is 0.242 e. The van der Waals surface area contributed by atoms with E-state index in [9.17, 15) is 8.42 Å². The monoisotopic (exact) mass is 241 g/mol. The number of nitrogens with zero attached hydrogens (tertiary/aromatic N) is 2. The zero-order valence-corrected chi connectivity index (χ0v) is 10.3. The van der Waals surface area contributed by atoms with Crippen LogP contribution in [-0.2, 0) is 10.0 Å². The zero-order chi connectivity index (χ0) is 11.6. The van der Waals surface area contributed by atoms with Crippen LogP contribution in [0.15, 0.2) is 23.1 Å². The van der Waals surface area contributed by atoms with Gasteiger partial charge in [0.25, 0.3) is 0 Å². The lowest BCUT2D eigenvalue weighted by atomic mass is 10.2. The van der Waals surface area contributed by atoms with Gasteiger partial charge in [-0.1, -0.05) is 12.2 Å². The van der Waals surface area contributed by atoms with Crippen molar-refractivity contribution in [1.29, 1.82) is 0 Å². The van der Waals surface area contributed by atoms with Gasteiger partial charge >= 0.3 is 0 Å². The van der Waals surface area contributed by atoms with Crippen LogP contribution >= 0.6 is 0 Å². The summed E-state index contributed by atoms with van der Waals surface area (Å²) in [5, 5.41) is 0. The Morgan fingerprint density at radius 3 is 2.44 bits per heavy atom. The molecule has 0 bridgehead atoms. The van der Waals surface area contributed by atoms with Crippen molar-refractivity contribution in [2.75, 3.05) is 33.2 Å². The van der Waals surface area contributed by atoms with E-state index in [-0.39, 0.29) is 0 Å². The molecule has 2 aliphatic rings. The van der Waals surface area contributed by atoms with E-state index in [0.29, 0.717) is 24.4 Å². The van der Waals surface area contributed by atoms with E-state index in [0.717, 1.165) is 13.1 Å². The topological polar surface area (TPSA) is 40.6 Å². The van der Waals surface area contributed by atoms with Gasteiger partial charge in [0.2, 0.25) is 10.0 Å². The van der Waals surface area contributed by atoms with Crippen LogP contribution in [0.1, 0.15) is 6.42 Å². The lowest BCUT2D eigenvalue weighted by Crippen LogP contribution is -2.47. The Morgan fingerprint density at radius 2 is 1.88 bits per heavy atom. The van der Waals surface area contributed by atoms with Gasteiger partial charge in [-0.2, -0.15) is 4.31 Å². The molecule has 0 unspecified atom stereocenters. The predicted octanol–water partition coefficient (Wildman–Crippen LogP) is 0.612. The minimum absolute atomic E-state index is 0.444. The van der Waals surface area contributed by atoms with Crippen molar-refractivity contribution >= 4 is 10.0 Å². The van der Waals surface area contributed by atoms with Gasteiger partial charge in [0.15, 0.2) is 0 Å². The number of hydrogen-bond acceptors (Lipinski definition) is 3. The van der Waals surface area contributed by atoms with Crippen LogP contribution in [0.5, 0.6) is 0 Å². The average Bonchev–Trinajstić information content (AvgIpc) is 2.31. The molecule has 1 aliphatic carbocycles. The molecule has 0 amide bonds. The van der Waals surface area contributed by atoms with Crippen molar-refractivity contribution in [3.05, 3.63) is 29.6 Å². The number of allylic oxidation sites excluding steroid dienone is 3. The van der Waals surface area contributed by atoms with Crippen LogP contribution in [-0.4, -0.2) is 50.8 Å². The van der Waals surface area contributed by atoms with Gasteiger partial charge in [-0.15, -0.1) is 0 Å². The highest BCUT2D eigenvalue weighted by Crippen LogP contribution is 2.20. The van der Waals surface area contributed by atoms with E-state index in [1.807, 2.05) is 19.5 Å². The molecule has 0 atom stereocenters. The Kier molecular flexibility index (Phi) is 3.47. The molecule has 1 heterocycles. The van der Waals surface area contributed by atoms with Gasteiger partial charge in [0.1, 0.15) is 0 Å². The Bertz CT molecular complexity index is 404. The van der Waals surface area contributed by atoms with Gasteiger partial charge in [-0.05, 0) is 26.0 Å². The van der Waals surface area contributed by atoms with Crippen LogP contribution in [0.4, 0.5) is 0 Å². The van der Waals surface area contributed by atoms with Gasteiger partial charge in [0, 0.05) is 26.2 Å². The van der Waals surface area contributed by atoms with E-state index in [1.165, 1.54) is 0 Å². The SMILES string of the molecule is CN1CCN(S(=O)(=O)C2=CC[CH]C=C2)CC1. The van der Waals surface area contributed by atoms with Gasteiger partial charge in [0.05, 0.1) is 4.91 Å². The molecule has 4 nitrogen and oxygen atoms in total. The average molecular weight is 241 g/mol.